The van der Waals surface area contributed by atoms with Gasteiger partial charge in [-0.25, -0.2) is 12.7 Å². The maximum absolute atomic E-state index is 12.5. The van der Waals surface area contributed by atoms with Crippen molar-refractivity contribution in [3.63, 3.8) is 0 Å². The average molecular weight is 402 g/mol. The van der Waals surface area contributed by atoms with E-state index >= 15 is 0 Å². The van der Waals surface area contributed by atoms with Gasteiger partial charge in [0, 0.05) is 18.7 Å². The molecule has 0 aliphatic carbocycles. The molecule has 2 aromatic carbocycles. The number of hydrogen-bond acceptors (Lipinski definition) is 5. The van der Waals surface area contributed by atoms with E-state index in [4.69, 9.17) is 4.74 Å². The third-order valence-electron chi connectivity index (χ3n) is 4.19. The first-order valence-corrected chi connectivity index (χ1v) is 10.5. The molecule has 0 saturated carbocycles. The second kappa shape index (κ2) is 8.02. The molecule has 3 rings (SSSR count). The summed E-state index contributed by atoms with van der Waals surface area (Å²) in [4.78, 5) is 24.5. The maximum atomic E-state index is 12.5. The zero-order chi connectivity index (χ0) is 20.3. The molecule has 0 bridgehead atoms. The van der Waals surface area contributed by atoms with Crippen LogP contribution in [0.25, 0.3) is 0 Å². The first-order chi connectivity index (χ1) is 13.3. The molecule has 2 amide bonds. The van der Waals surface area contributed by atoms with Crippen LogP contribution >= 0.6 is 0 Å². The lowest BCUT2D eigenvalue weighted by Gasteiger charge is -2.15. The first kappa shape index (κ1) is 19.9. The van der Waals surface area contributed by atoms with E-state index in [0.29, 0.717) is 11.4 Å². The summed E-state index contributed by atoms with van der Waals surface area (Å²) in [6.45, 7) is 3.82. The number of hydrogen-bond donors (Lipinski definition) is 1. The topological polar surface area (TPSA) is 92.8 Å². The molecule has 0 fully saturated rings. The van der Waals surface area contributed by atoms with Crippen molar-refractivity contribution in [1.82, 2.24) is 4.31 Å². The summed E-state index contributed by atoms with van der Waals surface area (Å²) in [6.07, 6.45) is 0.398. The molecule has 0 spiro atoms. The summed E-state index contributed by atoms with van der Waals surface area (Å²) in [6, 6.07) is 13.1. The molecule has 0 saturated heterocycles. The number of amides is 2. The van der Waals surface area contributed by atoms with Crippen LogP contribution in [0.3, 0.4) is 0 Å². The number of carbonyl (C=O) groups excluding carboxylic acids is 2. The van der Waals surface area contributed by atoms with Crippen LogP contribution in [0.15, 0.2) is 53.4 Å². The minimum Gasteiger partial charge on any atom is -0.491 e. The molecule has 0 unspecified atom stereocenters. The molecule has 1 heterocycles. The molecule has 0 atom stereocenters. The third-order valence-corrected chi connectivity index (χ3v) is 6.03. The van der Waals surface area contributed by atoms with E-state index in [1.165, 1.54) is 12.1 Å². The number of ether oxygens (including phenoxy) is 1. The molecule has 1 aliphatic heterocycles. The first-order valence-electron chi connectivity index (χ1n) is 9.01. The summed E-state index contributed by atoms with van der Waals surface area (Å²) >= 11 is 0. The fourth-order valence-corrected chi connectivity index (χ4v) is 4.56. The molecule has 148 valence electrons. The molecular formula is C20H22N2O5S. The van der Waals surface area contributed by atoms with Gasteiger partial charge in [-0.1, -0.05) is 12.1 Å². The van der Waals surface area contributed by atoms with Crippen LogP contribution in [0.4, 0.5) is 5.69 Å². The molecule has 8 heteroatoms. The molecule has 7 nitrogen and oxygen atoms in total. The van der Waals surface area contributed by atoms with Crippen molar-refractivity contribution in [3.05, 3.63) is 54.1 Å². The van der Waals surface area contributed by atoms with Gasteiger partial charge in [0.15, 0.2) is 0 Å². The van der Waals surface area contributed by atoms with Crippen molar-refractivity contribution in [1.29, 1.82) is 0 Å². The highest BCUT2D eigenvalue weighted by molar-refractivity contribution is 7.90. The number of anilines is 1. The smallest absolute Gasteiger partial charge is 0.269 e. The summed E-state index contributed by atoms with van der Waals surface area (Å²) in [7, 11) is -3.83. The van der Waals surface area contributed by atoms with Crippen LogP contribution in [0, 0.1) is 0 Å². The van der Waals surface area contributed by atoms with E-state index in [1.807, 2.05) is 13.8 Å². The fraction of sp³-hybridized carbons (Fsp3) is 0.300. The van der Waals surface area contributed by atoms with Gasteiger partial charge in [-0.15, -0.1) is 0 Å². The Bertz CT molecular complexity index is 984. The number of nitrogens with one attached hydrogen (secondary N) is 1. The van der Waals surface area contributed by atoms with Crippen molar-refractivity contribution in [2.75, 3.05) is 11.9 Å². The lowest BCUT2D eigenvalue weighted by atomic mass is 10.2. The summed E-state index contributed by atoms with van der Waals surface area (Å²) < 4.78 is 31.3. The number of carbonyl (C=O) groups is 2. The summed E-state index contributed by atoms with van der Waals surface area (Å²) in [5.41, 5.74) is 0.800. The van der Waals surface area contributed by atoms with E-state index in [1.54, 1.807) is 36.4 Å². The summed E-state index contributed by atoms with van der Waals surface area (Å²) in [5, 5.41) is 2.75. The molecule has 1 aliphatic rings. The van der Waals surface area contributed by atoms with Gasteiger partial charge in [0.05, 0.1) is 11.7 Å². The van der Waals surface area contributed by atoms with Gasteiger partial charge in [-0.05, 0) is 56.7 Å². The Morgan fingerprint density at radius 1 is 1.11 bits per heavy atom. The maximum Gasteiger partial charge on any atom is 0.269 e. The van der Waals surface area contributed by atoms with Crippen LogP contribution in [0.1, 0.15) is 37.0 Å². The van der Waals surface area contributed by atoms with Crippen LogP contribution in [-0.4, -0.2) is 37.2 Å². The lowest BCUT2D eigenvalue weighted by Crippen LogP contribution is -2.31. The van der Waals surface area contributed by atoms with Gasteiger partial charge < -0.3 is 10.1 Å². The monoisotopic (exact) mass is 402 g/mol. The molecule has 1 N–H and O–H groups in total. The second-order valence-corrected chi connectivity index (χ2v) is 8.55. The van der Waals surface area contributed by atoms with Gasteiger partial charge in [0.25, 0.3) is 15.9 Å². The number of rotatable bonds is 7. The van der Waals surface area contributed by atoms with E-state index in [2.05, 4.69) is 5.32 Å². The van der Waals surface area contributed by atoms with Crippen LogP contribution in [0.5, 0.6) is 5.75 Å². The van der Waals surface area contributed by atoms with Gasteiger partial charge in [0.2, 0.25) is 5.91 Å². The Kier molecular flexibility index (Phi) is 5.69. The lowest BCUT2D eigenvalue weighted by molar-refractivity contribution is -0.116. The van der Waals surface area contributed by atoms with Crippen molar-refractivity contribution < 1.29 is 22.7 Å². The van der Waals surface area contributed by atoms with Gasteiger partial charge in [-0.3, -0.25) is 9.59 Å². The van der Waals surface area contributed by atoms with Gasteiger partial charge >= 0.3 is 0 Å². The Labute approximate surface area is 164 Å². The number of nitrogens with zero attached hydrogens (tertiary/aromatic N) is 1. The van der Waals surface area contributed by atoms with Crippen molar-refractivity contribution in [2.24, 2.45) is 0 Å². The van der Waals surface area contributed by atoms with Crippen LogP contribution in [-0.2, 0) is 14.8 Å². The second-order valence-electron chi connectivity index (χ2n) is 6.72. The number of fused-ring (bicyclic) bond motifs is 1. The van der Waals surface area contributed by atoms with Crippen molar-refractivity contribution in [2.45, 2.75) is 37.7 Å². The highest BCUT2D eigenvalue weighted by Crippen LogP contribution is 2.30. The van der Waals surface area contributed by atoms with Crippen molar-refractivity contribution >= 4 is 27.5 Å². The highest BCUT2D eigenvalue weighted by Gasteiger charge is 2.40. The zero-order valence-electron chi connectivity index (χ0n) is 15.7. The molecule has 2 aromatic rings. The predicted octanol–water partition coefficient (Wildman–Crippen LogP) is 3.04. The van der Waals surface area contributed by atoms with Crippen LogP contribution in [0.2, 0.25) is 0 Å². The Morgan fingerprint density at radius 3 is 2.43 bits per heavy atom. The average Bonchev–Trinajstić information content (AvgIpc) is 2.84. The third kappa shape index (κ3) is 4.17. The zero-order valence-corrected chi connectivity index (χ0v) is 16.5. The predicted molar refractivity (Wildman–Crippen MR) is 105 cm³/mol. The standard InChI is InChI=1S/C20H22N2O5S/c1-14(2)27-16-11-9-15(10-12-16)21-19(23)8-5-13-22-20(24)17-6-3-4-7-18(17)28(22,25)26/h3-4,6-7,9-12,14H,5,8,13H2,1-2H3,(H,21,23). The van der Waals surface area contributed by atoms with E-state index in [0.717, 1.165) is 4.31 Å². The van der Waals surface area contributed by atoms with Crippen LogP contribution < -0.4 is 10.1 Å². The minimum absolute atomic E-state index is 0.0214. The molecule has 28 heavy (non-hydrogen) atoms. The molecular weight excluding hydrogens is 380 g/mol. The molecule has 0 radical (unpaired) electrons. The largest absolute Gasteiger partial charge is 0.491 e. The number of benzene rings is 2. The highest BCUT2D eigenvalue weighted by atomic mass is 32.2. The number of sulfonamides is 1. The SMILES string of the molecule is CC(C)Oc1ccc(NC(=O)CCCN2C(=O)c3ccccc3S2(=O)=O)cc1. The molecule has 0 aromatic heterocycles. The minimum atomic E-state index is -3.83. The van der Waals surface area contributed by atoms with E-state index in [9.17, 15) is 18.0 Å². The Balaban J connectivity index is 1.53. The van der Waals surface area contributed by atoms with Gasteiger partial charge in [-0.2, -0.15) is 0 Å². The van der Waals surface area contributed by atoms with E-state index < -0.39 is 15.9 Å². The quantitative estimate of drug-likeness (QED) is 0.768. The Morgan fingerprint density at radius 2 is 1.79 bits per heavy atom. The van der Waals surface area contributed by atoms with Crippen molar-refractivity contribution in [3.8, 4) is 5.75 Å². The summed E-state index contributed by atoms with van der Waals surface area (Å²) in [5.74, 6) is -0.0823. The van der Waals surface area contributed by atoms with E-state index in [-0.39, 0.29) is 41.9 Å². The normalized spacial score (nSPS) is 14.8. The Hall–Kier alpha value is -2.87. The van der Waals surface area contributed by atoms with Gasteiger partial charge in [0.1, 0.15) is 10.6 Å². The fourth-order valence-electron chi connectivity index (χ4n) is 2.95.